The highest BCUT2D eigenvalue weighted by atomic mass is 19.1. The number of aryl methyl sites for hydroxylation is 1. The standard InChI is InChI=1S/C17H16FN/c1-11-8-9-14-12(2)10-15(19-17(14)16(11)18)13-6-4-3-5-7-13/h3-7,9-11H,8H2,1-2H3/t11-/m1/s1. The largest absolute Gasteiger partial charge is 0.245 e. The summed E-state index contributed by atoms with van der Waals surface area (Å²) in [6.45, 7) is 3.92. The van der Waals surface area contributed by atoms with Crippen molar-refractivity contribution >= 4 is 11.9 Å². The number of fused-ring (bicyclic) bond motifs is 1. The molecule has 0 aliphatic heterocycles. The van der Waals surface area contributed by atoms with Crippen LogP contribution in [0.15, 0.2) is 36.4 Å². The zero-order valence-corrected chi connectivity index (χ0v) is 11.2. The quantitative estimate of drug-likeness (QED) is 0.761. The fourth-order valence-corrected chi connectivity index (χ4v) is 2.51. The second kappa shape index (κ2) is 4.61. The van der Waals surface area contributed by atoms with Gasteiger partial charge in [0.25, 0.3) is 0 Å². The number of nitrogens with zero attached hydrogens (tertiary/aromatic N) is 1. The molecule has 0 spiro atoms. The second-order valence-corrected chi connectivity index (χ2v) is 5.14. The van der Waals surface area contributed by atoms with Gasteiger partial charge in [-0.05, 0) is 25.0 Å². The molecule has 0 amide bonds. The molecular weight excluding hydrogens is 237 g/mol. The van der Waals surface area contributed by atoms with Gasteiger partial charge in [0, 0.05) is 16.7 Å². The van der Waals surface area contributed by atoms with Crippen LogP contribution in [-0.4, -0.2) is 4.98 Å². The summed E-state index contributed by atoms with van der Waals surface area (Å²) in [5.41, 5.74) is 2.96. The highest BCUT2D eigenvalue weighted by Gasteiger charge is 2.15. The van der Waals surface area contributed by atoms with Gasteiger partial charge >= 0.3 is 0 Å². The van der Waals surface area contributed by atoms with Crippen molar-refractivity contribution in [3.05, 3.63) is 52.5 Å². The Morgan fingerprint density at radius 2 is 1.95 bits per heavy atom. The number of benzene rings is 1. The number of rotatable bonds is 1. The lowest BCUT2D eigenvalue weighted by Crippen LogP contribution is -2.36. The molecule has 0 unspecified atom stereocenters. The minimum Gasteiger partial charge on any atom is -0.245 e. The van der Waals surface area contributed by atoms with Crippen molar-refractivity contribution in [3.63, 3.8) is 0 Å². The van der Waals surface area contributed by atoms with Crippen LogP contribution in [0.5, 0.6) is 0 Å². The van der Waals surface area contributed by atoms with Gasteiger partial charge in [-0.25, -0.2) is 9.37 Å². The van der Waals surface area contributed by atoms with E-state index < -0.39 is 0 Å². The van der Waals surface area contributed by atoms with Gasteiger partial charge in [-0.3, -0.25) is 0 Å². The summed E-state index contributed by atoms with van der Waals surface area (Å²) in [5.74, 6) is -0.149. The molecule has 0 saturated heterocycles. The van der Waals surface area contributed by atoms with Gasteiger partial charge in [0.2, 0.25) is 0 Å². The molecule has 0 saturated carbocycles. The Morgan fingerprint density at radius 1 is 1.21 bits per heavy atom. The first-order valence-corrected chi connectivity index (χ1v) is 6.60. The van der Waals surface area contributed by atoms with Gasteiger partial charge in [-0.1, -0.05) is 43.3 Å². The van der Waals surface area contributed by atoms with E-state index in [1.807, 2.05) is 50.2 Å². The maximum absolute atomic E-state index is 14.3. The lowest BCUT2D eigenvalue weighted by atomic mass is 9.97. The van der Waals surface area contributed by atoms with E-state index in [2.05, 4.69) is 11.1 Å². The predicted molar refractivity (Wildman–Crippen MR) is 76.4 cm³/mol. The highest BCUT2D eigenvalue weighted by Crippen LogP contribution is 2.20. The molecule has 0 bridgehead atoms. The van der Waals surface area contributed by atoms with Crippen molar-refractivity contribution in [3.8, 4) is 11.3 Å². The summed E-state index contributed by atoms with van der Waals surface area (Å²) in [7, 11) is 0. The zero-order valence-electron chi connectivity index (χ0n) is 11.2. The van der Waals surface area contributed by atoms with E-state index in [1.165, 1.54) is 0 Å². The van der Waals surface area contributed by atoms with Crippen LogP contribution in [-0.2, 0) is 0 Å². The van der Waals surface area contributed by atoms with Crippen LogP contribution in [0.25, 0.3) is 23.2 Å². The second-order valence-electron chi connectivity index (χ2n) is 5.14. The smallest absolute Gasteiger partial charge is 0.129 e. The minimum atomic E-state index is -0.0848. The Morgan fingerprint density at radius 3 is 2.68 bits per heavy atom. The van der Waals surface area contributed by atoms with Gasteiger partial charge in [0.05, 0.1) is 5.69 Å². The molecule has 2 aromatic rings. The summed E-state index contributed by atoms with van der Waals surface area (Å²) in [4.78, 5) is 4.53. The molecule has 19 heavy (non-hydrogen) atoms. The van der Waals surface area contributed by atoms with Gasteiger partial charge < -0.3 is 0 Å². The van der Waals surface area contributed by atoms with Crippen molar-refractivity contribution < 1.29 is 4.39 Å². The van der Waals surface area contributed by atoms with Gasteiger partial charge in [-0.15, -0.1) is 0 Å². The van der Waals surface area contributed by atoms with E-state index in [-0.39, 0.29) is 11.7 Å². The van der Waals surface area contributed by atoms with E-state index in [1.54, 1.807) is 0 Å². The van der Waals surface area contributed by atoms with Crippen LogP contribution in [0, 0.1) is 12.8 Å². The summed E-state index contributed by atoms with van der Waals surface area (Å²) in [6, 6.07) is 12.0. The molecule has 1 atom stereocenters. The monoisotopic (exact) mass is 253 g/mol. The summed E-state index contributed by atoms with van der Waals surface area (Å²) in [5, 5.41) is 1.48. The van der Waals surface area contributed by atoms with Gasteiger partial charge in [0.1, 0.15) is 11.2 Å². The van der Waals surface area contributed by atoms with Crippen molar-refractivity contribution in [2.24, 2.45) is 5.92 Å². The molecule has 0 N–H and O–H groups in total. The maximum atomic E-state index is 14.3. The molecule has 0 radical (unpaired) electrons. The molecule has 96 valence electrons. The average molecular weight is 253 g/mol. The lowest BCUT2D eigenvalue weighted by Gasteiger charge is -2.13. The molecule has 1 aromatic carbocycles. The van der Waals surface area contributed by atoms with E-state index in [4.69, 9.17) is 0 Å². The summed E-state index contributed by atoms with van der Waals surface area (Å²) in [6.07, 6.45) is 2.85. The minimum absolute atomic E-state index is 0.0644. The third-order valence-corrected chi connectivity index (χ3v) is 3.67. The first kappa shape index (κ1) is 12.1. The molecule has 1 nitrogen and oxygen atoms in total. The zero-order chi connectivity index (χ0) is 13.4. The number of halogens is 1. The van der Waals surface area contributed by atoms with Crippen molar-refractivity contribution in [1.29, 1.82) is 0 Å². The Kier molecular flexibility index (Phi) is 2.94. The van der Waals surface area contributed by atoms with Crippen LogP contribution in [0.3, 0.4) is 0 Å². The molecule has 3 rings (SSSR count). The Balaban J connectivity index is 2.31. The molecular formula is C17H16FN. The van der Waals surface area contributed by atoms with E-state index in [0.29, 0.717) is 5.35 Å². The summed E-state index contributed by atoms with van der Waals surface area (Å²) >= 11 is 0. The summed E-state index contributed by atoms with van der Waals surface area (Å²) < 4.78 is 14.3. The lowest BCUT2D eigenvalue weighted by molar-refractivity contribution is 0.593. The Labute approximate surface area is 112 Å². The van der Waals surface area contributed by atoms with Gasteiger partial charge in [-0.2, -0.15) is 0 Å². The van der Waals surface area contributed by atoms with E-state index >= 15 is 0 Å². The molecule has 1 aliphatic rings. The maximum Gasteiger partial charge on any atom is 0.129 e. The third kappa shape index (κ3) is 2.07. The number of hydrogen-bond acceptors (Lipinski definition) is 1. The van der Waals surface area contributed by atoms with Crippen molar-refractivity contribution in [2.75, 3.05) is 0 Å². The molecule has 1 heterocycles. The Bertz CT molecular complexity index is 732. The Hall–Kier alpha value is -1.96. The number of hydrogen-bond donors (Lipinski definition) is 0. The van der Waals surface area contributed by atoms with Gasteiger partial charge in [0.15, 0.2) is 0 Å². The fourth-order valence-electron chi connectivity index (χ4n) is 2.51. The fraction of sp³-hybridized carbons (Fsp3) is 0.235. The van der Waals surface area contributed by atoms with Crippen LogP contribution >= 0.6 is 0 Å². The van der Waals surface area contributed by atoms with Crippen LogP contribution in [0.1, 0.15) is 18.9 Å². The number of aromatic nitrogens is 1. The van der Waals surface area contributed by atoms with Crippen LogP contribution < -0.4 is 10.6 Å². The molecule has 1 aromatic heterocycles. The first-order valence-electron chi connectivity index (χ1n) is 6.60. The number of pyridine rings is 1. The first-order chi connectivity index (χ1) is 9.16. The van der Waals surface area contributed by atoms with Crippen LogP contribution in [0.4, 0.5) is 4.39 Å². The van der Waals surface area contributed by atoms with E-state index in [9.17, 15) is 4.39 Å². The average Bonchev–Trinajstić information content (AvgIpc) is 2.44. The normalized spacial score (nSPS) is 17.8. The molecule has 1 aliphatic carbocycles. The highest BCUT2D eigenvalue weighted by molar-refractivity contribution is 5.61. The van der Waals surface area contributed by atoms with E-state index in [0.717, 1.165) is 28.5 Å². The molecule has 0 fully saturated rings. The third-order valence-electron chi connectivity index (χ3n) is 3.67. The van der Waals surface area contributed by atoms with Crippen molar-refractivity contribution in [2.45, 2.75) is 20.3 Å². The van der Waals surface area contributed by atoms with Crippen LogP contribution in [0.2, 0.25) is 0 Å². The SMILES string of the molecule is Cc1cc(-c2ccccc2)nc2c1=CC[C@@H](C)C=2F. The molecule has 2 heteroatoms. The van der Waals surface area contributed by atoms with Crippen molar-refractivity contribution in [1.82, 2.24) is 4.98 Å². The predicted octanol–water partition coefficient (Wildman–Crippen LogP) is 2.96. The topological polar surface area (TPSA) is 12.9 Å².